The average molecular weight is 328 g/mol. The Bertz CT molecular complexity index is 705. The van der Waals surface area contributed by atoms with Crippen LogP contribution in [-0.4, -0.2) is 17.5 Å². The lowest BCUT2D eigenvalue weighted by molar-refractivity contribution is 0.197. The number of nitrogens with zero attached hydrogens (tertiary/aromatic N) is 2. The molecule has 5 heteroatoms. The summed E-state index contributed by atoms with van der Waals surface area (Å²) in [6.45, 7) is 4.47. The molecule has 0 heterocycles. The second kappa shape index (κ2) is 7.66. The normalized spacial score (nSPS) is 11.4. The van der Waals surface area contributed by atoms with Gasteiger partial charge in [-0.15, -0.1) is 0 Å². The first-order chi connectivity index (χ1) is 11.0. The maximum absolute atomic E-state index is 12.5. The molecule has 0 aliphatic heterocycles. The van der Waals surface area contributed by atoms with Crippen molar-refractivity contribution < 1.29 is 4.79 Å². The number of benzene rings is 2. The molecule has 0 radical (unpaired) electrons. The third-order valence-electron chi connectivity index (χ3n) is 3.69. The lowest BCUT2D eigenvalue weighted by Crippen LogP contribution is -2.36. The molecule has 4 nitrogen and oxygen atoms in total. The molecule has 0 saturated heterocycles. The van der Waals surface area contributed by atoms with Gasteiger partial charge in [0.2, 0.25) is 0 Å². The Labute approximate surface area is 141 Å². The van der Waals surface area contributed by atoms with E-state index in [2.05, 4.69) is 11.4 Å². The minimum atomic E-state index is -0.174. The largest absolute Gasteiger partial charge is 0.322 e. The van der Waals surface area contributed by atoms with Gasteiger partial charge in [-0.05, 0) is 55.8 Å². The lowest BCUT2D eigenvalue weighted by atomic mass is 10.1. The summed E-state index contributed by atoms with van der Waals surface area (Å²) in [6.07, 6.45) is 0. The first-order valence-corrected chi connectivity index (χ1v) is 7.76. The highest BCUT2D eigenvalue weighted by atomic mass is 35.5. The smallest absolute Gasteiger partial charge is 0.318 e. The number of carbonyl (C=O) groups is 1. The van der Waals surface area contributed by atoms with Crippen molar-refractivity contribution in [2.24, 2.45) is 0 Å². The second-order valence-corrected chi connectivity index (χ2v) is 5.57. The van der Waals surface area contributed by atoms with Gasteiger partial charge in [0.05, 0.1) is 17.7 Å². The zero-order valence-corrected chi connectivity index (χ0v) is 13.8. The van der Waals surface area contributed by atoms with Crippen LogP contribution in [-0.2, 0) is 0 Å². The standard InChI is InChI=1S/C18H18ClN3O/c1-3-22(13(2)15-6-4-14(12-20)5-7-15)18(23)21-17-10-8-16(19)9-11-17/h4-11,13H,3H2,1-2H3,(H,21,23). The van der Waals surface area contributed by atoms with Crippen molar-refractivity contribution in [2.75, 3.05) is 11.9 Å². The van der Waals surface area contributed by atoms with E-state index in [1.165, 1.54) is 0 Å². The van der Waals surface area contributed by atoms with Crippen molar-refractivity contribution in [2.45, 2.75) is 19.9 Å². The number of nitrogens with one attached hydrogen (secondary N) is 1. The van der Waals surface area contributed by atoms with E-state index in [-0.39, 0.29) is 12.1 Å². The van der Waals surface area contributed by atoms with Gasteiger partial charge >= 0.3 is 6.03 Å². The fraction of sp³-hybridized carbons (Fsp3) is 0.222. The van der Waals surface area contributed by atoms with Crippen molar-refractivity contribution in [3.05, 3.63) is 64.7 Å². The Balaban J connectivity index is 2.12. The van der Waals surface area contributed by atoms with E-state index >= 15 is 0 Å². The highest BCUT2D eigenvalue weighted by Gasteiger charge is 2.20. The number of hydrogen-bond acceptors (Lipinski definition) is 2. The van der Waals surface area contributed by atoms with Crippen molar-refractivity contribution in [3.63, 3.8) is 0 Å². The summed E-state index contributed by atoms with van der Waals surface area (Å²) >= 11 is 5.85. The minimum Gasteiger partial charge on any atom is -0.318 e. The first-order valence-electron chi connectivity index (χ1n) is 7.38. The van der Waals surface area contributed by atoms with Gasteiger partial charge in [-0.2, -0.15) is 5.26 Å². The van der Waals surface area contributed by atoms with E-state index in [0.29, 0.717) is 22.8 Å². The molecule has 0 aliphatic rings. The van der Waals surface area contributed by atoms with E-state index in [4.69, 9.17) is 16.9 Å². The third-order valence-corrected chi connectivity index (χ3v) is 3.94. The molecule has 2 rings (SSSR count). The summed E-state index contributed by atoms with van der Waals surface area (Å²) in [4.78, 5) is 14.2. The Morgan fingerprint density at radius 1 is 1.22 bits per heavy atom. The van der Waals surface area contributed by atoms with Crippen molar-refractivity contribution in [1.82, 2.24) is 4.90 Å². The molecule has 0 fully saturated rings. The van der Waals surface area contributed by atoms with Gasteiger partial charge < -0.3 is 10.2 Å². The fourth-order valence-corrected chi connectivity index (χ4v) is 2.46. The van der Waals surface area contributed by atoms with Crippen LogP contribution in [0.3, 0.4) is 0 Å². The van der Waals surface area contributed by atoms with E-state index in [0.717, 1.165) is 5.56 Å². The van der Waals surface area contributed by atoms with Crippen LogP contribution in [0.4, 0.5) is 10.5 Å². The second-order valence-electron chi connectivity index (χ2n) is 5.13. The molecular formula is C18H18ClN3O. The third kappa shape index (κ3) is 4.24. The summed E-state index contributed by atoms with van der Waals surface area (Å²) in [5.74, 6) is 0. The number of rotatable bonds is 4. The van der Waals surface area contributed by atoms with E-state index < -0.39 is 0 Å². The van der Waals surface area contributed by atoms with Crippen LogP contribution < -0.4 is 5.32 Å². The van der Waals surface area contributed by atoms with Crippen molar-refractivity contribution in [3.8, 4) is 6.07 Å². The van der Waals surface area contributed by atoms with Crippen LogP contribution in [0.15, 0.2) is 48.5 Å². The van der Waals surface area contributed by atoms with Crippen LogP contribution in [0.5, 0.6) is 0 Å². The van der Waals surface area contributed by atoms with Crippen LogP contribution in [0.2, 0.25) is 5.02 Å². The van der Waals surface area contributed by atoms with E-state index in [1.807, 2.05) is 26.0 Å². The molecule has 0 bridgehead atoms. The molecule has 118 valence electrons. The molecule has 1 atom stereocenters. The van der Waals surface area contributed by atoms with Gasteiger partial charge in [-0.25, -0.2) is 4.79 Å². The quantitative estimate of drug-likeness (QED) is 0.874. The Morgan fingerprint density at radius 3 is 2.35 bits per heavy atom. The molecule has 1 unspecified atom stereocenters. The monoisotopic (exact) mass is 327 g/mol. The predicted octanol–water partition coefficient (Wildman–Crippen LogP) is 4.83. The van der Waals surface area contributed by atoms with Crippen LogP contribution in [0.25, 0.3) is 0 Å². The molecule has 23 heavy (non-hydrogen) atoms. The molecule has 0 saturated carbocycles. The van der Waals surface area contributed by atoms with Gasteiger partial charge in [0.1, 0.15) is 0 Å². The van der Waals surface area contributed by atoms with Gasteiger partial charge in [-0.3, -0.25) is 0 Å². The Kier molecular flexibility index (Phi) is 5.61. The van der Waals surface area contributed by atoms with Crippen molar-refractivity contribution >= 4 is 23.3 Å². The lowest BCUT2D eigenvalue weighted by Gasteiger charge is -2.28. The van der Waals surface area contributed by atoms with Crippen LogP contribution in [0, 0.1) is 11.3 Å². The highest BCUT2D eigenvalue weighted by molar-refractivity contribution is 6.30. The molecule has 2 aromatic carbocycles. The van der Waals surface area contributed by atoms with E-state index in [1.54, 1.807) is 41.3 Å². The van der Waals surface area contributed by atoms with Gasteiger partial charge in [0, 0.05) is 17.3 Å². The topological polar surface area (TPSA) is 56.1 Å². The van der Waals surface area contributed by atoms with Gasteiger partial charge in [0.15, 0.2) is 0 Å². The van der Waals surface area contributed by atoms with Crippen LogP contribution >= 0.6 is 11.6 Å². The average Bonchev–Trinajstić information content (AvgIpc) is 2.57. The molecule has 1 N–H and O–H groups in total. The molecule has 0 aliphatic carbocycles. The minimum absolute atomic E-state index is 0.0972. The number of urea groups is 1. The number of halogens is 1. The summed E-state index contributed by atoms with van der Waals surface area (Å²) in [7, 11) is 0. The van der Waals surface area contributed by atoms with Gasteiger partial charge in [-0.1, -0.05) is 23.7 Å². The van der Waals surface area contributed by atoms with Crippen molar-refractivity contribution in [1.29, 1.82) is 5.26 Å². The van der Waals surface area contributed by atoms with Crippen LogP contribution in [0.1, 0.15) is 31.0 Å². The SMILES string of the molecule is CCN(C(=O)Nc1ccc(Cl)cc1)C(C)c1ccc(C#N)cc1. The Hall–Kier alpha value is -2.51. The number of carbonyl (C=O) groups excluding carboxylic acids is 1. The highest BCUT2D eigenvalue weighted by Crippen LogP contribution is 2.22. The molecule has 2 aromatic rings. The molecule has 2 amide bonds. The summed E-state index contributed by atoms with van der Waals surface area (Å²) in [6, 6.07) is 16.1. The number of hydrogen-bond donors (Lipinski definition) is 1. The maximum atomic E-state index is 12.5. The fourth-order valence-electron chi connectivity index (χ4n) is 2.34. The summed E-state index contributed by atoms with van der Waals surface area (Å²) in [5.41, 5.74) is 2.29. The molecular weight excluding hydrogens is 310 g/mol. The molecule has 0 aromatic heterocycles. The maximum Gasteiger partial charge on any atom is 0.322 e. The van der Waals surface area contributed by atoms with E-state index in [9.17, 15) is 4.79 Å². The molecule has 0 spiro atoms. The first kappa shape index (κ1) is 16.9. The summed E-state index contributed by atoms with van der Waals surface area (Å²) < 4.78 is 0. The number of amides is 2. The zero-order valence-electron chi connectivity index (χ0n) is 13.1. The van der Waals surface area contributed by atoms with Gasteiger partial charge in [0.25, 0.3) is 0 Å². The Morgan fingerprint density at radius 2 is 1.83 bits per heavy atom. The number of anilines is 1. The zero-order chi connectivity index (χ0) is 16.8. The summed E-state index contributed by atoms with van der Waals surface area (Å²) in [5, 5.41) is 12.4. The number of nitriles is 1. The predicted molar refractivity (Wildman–Crippen MR) is 92.4 cm³/mol.